The quantitative estimate of drug-likeness (QED) is 0.145. The van der Waals surface area contributed by atoms with Crippen LogP contribution in [-0.4, -0.2) is 69.0 Å². The van der Waals surface area contributed by atoms with Gasteiger partial charge in [0.2, 0.25) is 10.0 Å². The molecule has 4 rings (SSSR count). The molecule has 0 N–H and O–H groups in total. The summed E-state index contributed by atoms with van der Waals surface area (Å²) in [6.07, 6.45) is 3.74. The van der Waals surface area contributed by atoms with Crippen molar-refractivity contribution < 1.29 is 45.7 Å². The van der Waals surface area contributed by atoms with E-state index in [9.17, 15) is 26.8 Å². The number of likely N-dealkylation sites (N-methyl/N-ethyl adjacent to an activating group) is 1. The van der Waals surface area contributed by atoms with Gasteiger partial charge in [-0.2, -0.15) is 13.1 Å². The highest BCUT2D eigenvalue weighted by molar-refractivity contribution is 7.92. The first kappa shape index (κ1) is 39.1. The summed E-state index contributed by atoms with van der Waals surface area (Å²) >= 11 is 12.8. The maximum atomic E-state index is 13.3. The number of sulfonamides is 1. The first-order valence-corrected chi connectivity index (χ1v) is 18.2. The number of carbonyl (C=O) groups excluding carboxylic acids is 2. The molecule has 1 heterocycles. The summed E-state index contributed by atoms with van der Waals surface area (Å²) in [4.78, 5) is 31.7. The lowest BCUT2D eigenvalue weighted by atomic mass is 10.0. The molecule has 3 aromatic rings. The van der Waals surface area contributed by atoms with Crippen LogP contribution in [0.3, 0.4) is 0 Å². The summed E-state index contributed by atoms with van der Waals surface area (Å²) in [5.74, 6) is -0.344. The number of carbonyl (C=O) groups is 2. The standard InChI is InChI=1S/C34H39Cl2F2N3O8S/c1-34(2,3)49-33(43)41(50(5,44)45)24-11-8-21(9-12-24)18-40(4)19-31(42)47-29(15-25-26(35)16-39-17-27(25)36)23-10-13-28(48-32(37)38)30(14-23)46-20-22-6-7-22/h8-14,16-17,22,29,32H,6-7,15,18-20H2,1-5H3/t29-/m0/s1. The fraction of sp³-hybridized carbons (Fsp3) is 0.441. The Hall–Kier alpha value is -3.72. The van der Waals surface area contributed by atoms with E-state index in [1.165, 1.54) is 42.7 Å². The number of amides is 1. The van der Waals surface area contributed by atoms with E-state index in [1.807, 2.05) is 0 Å². The zero-order valence-electron chi connectivity index (χ0n) is 28.2. The summed E-state index contributed by atoms with van der Waals surface area (Å²) in [5.41, 5.74) is 0.798. The molecule has 1 aromatic heterocycles. The number of hydrogen-bond acceptors (Lipinski definition) is 10. The van der Waals surface area contributed by atoms with Crippen molar-refractivity contribution in [2.75, 3.05) is 30.8 Å². The van der Waals surface area contributed by atoms with Gasteiger partial charge in [0, 0.05) is 25.4 Å². The molecule has 16 heteroatoms. The van der Waals surface area contributed by atoms with Crippen molar-refractivity contribution in [2.45, 2.75) is 64.9 Å². The molecule has 0 saturated heterocycles. The molecular weight excluding hydrogens is 719 g/mol. The van der Waals surface area contributed by atoms with Crippen LogP contribution in [0.5, 0.6) is 11.5 Å². The van der Waals surface area contributed by atoms with Gasteiger partial charge in [-0.3, -0.25) is 14.7 Å². The number of esters is 1. The van der Waals surface area contributed by atoms with E-state index in [-0.39, 0.29) is 46.7 Å². The Bertz CT molecular complexity index is 1750. The van der Waals surface area contributed by atoms with Crippen LogP contribution in [0.15, 0.2) is 54.9 Å². The predicted molar refractivity (Wildman–Crippen MR) is 184 cm³/mol. The van der Waals surface area contributed by atoms with Gasteiger partial charge in [0.25, 0.3) is 0 Å². The number of anilines is 1. The summed E-state index contributed by atoms with van der Waals surface area (Å²) in [7, 11) is -2.32. The molecule has 0 radical (unpaired) electrons. The number of nitrogens with zero attached hydrogens (tertiary/aromatic N) is 3. The third-order valence-corrected chi connectivity index (χ3v) is 8.93. The van der Waals surface area contributed by atoms with Crippen molar-refractivity contribution in [3.8, 4) is 11.5 Å². The molecular formula is C34H39Cl2F2N3O8S. The van der Waals surface area contributed by atoms with Crippen LogP contribution in [0.1, 0.15) is 56.4 Å². The molecule has 0 spiro atoms. The summed E-state index contributed by atoms with van der Waals surface area (Å²) in [6.45, 7) is 2.24. The predicted octanol–water partition coefficient (Wildman–Crippen LogP) is 7.44. The Balaban J connectivity index is 1.50. The maximum absolute atomic E-state index is 13.3. The second-order valence-electron chi connectivity index (χ2n) is 12.9. The Kier molecular flexibility index (Phi) is 12.9. The first-order chi connectivity index (χ1) is 23.4. The van der Waals surface area contributed by atoms with Crippen LogP contribution in [-0.2, 0) is 37.3 Å². The molecule has 1 amide bonds. The third kappa shape index (κ3) is 11.7. The Morgan fingerprint density at radius 3 is 2.22 bits per heavy atom. The topological polar surface area (TPSA) is 125 Å². The van der Waals surface area contributed by atoms with E-state index in [4.69, 9.17) is 37.4 Å². The highest BCUT2D eigenvalue weighted by Gasteiger charge is 2.31. The van der Waals surface area contributed by atoms with Crippen LogP contribution < -0.4 is 13.8 Å². The number of ether oxygens (including phenoxy) is 4. The van der Waals surface area contributed by atoms with Crippen LogP contribution in [0, 0.1) is 5.92 Å². The largest absolute Gasteiger partial charge is 0.489 e. The second-order valence-corrected chi connectivity index (χ2v) is 15.6. The molecule has 1 fully saturated rings. The molecule has 1 saturated carbocycles. The van der Waals surface area contributed by atoms with Gasteiger partial charge in [-0.25, -0.2) is 13.2 Å². The summed E-state index contributed by atoms with van der Waals surface area (Å²) in [5, 5.41) is 0.506. The molecule has 0 aliphatic heterocycles. The number of alkyl halides is 2. The fourth-order valence-electron chi connectivity index (χ4n) is 4.83. The molecule has 11 nitrogen and oxygen atoms in total. The average Bonchev–Trinajstić information content (AvgIpc) is 3.82. The van der Waals surface area contributed by atoms with Crippen molar-refractivity contribution in [1.82, 2.24) is 9.88 Å². The van der Waals surface area contributed by atoms with Crippen molar-refractivity contribution in [3.63, 3.8) is 0 Å². The van der Waals surface area contributed by atoms with Crippen LogP contribution in [0.25, 0.3) is 0 Å². The summed E-state index contributed by atoms with van der Waals surface area (Å²) in [6, 6.07) is 10.5. The smallest absolute Gasteiger partial charge is 0.428 e. The maximum Gasteiger partial charge on any atom is 0.428 e. The van der Waals surface area contributed by atoms with Crippen LogP contribution in [0.4, 0.5) is 19.3 Å². The van der Waals surface area contributed by atoms with E-state index in [2.05, 4.69) is 9.72 Å². The Labute approximate surface area is 300 Å². The van der Waals surface area contributed by atoms with Gasteiger partial charge in [0.1, 0.15) is 11.7 Å². The van der Waals surface area contributed by atoms with Gasteiger partial charge < -0.3 is 18.9 Å². The first-order valence-electron chi connectivity index (χ1n) is 15.6. The number of rotatable bonds is 15. The normalized spacial score (nSPS) is 14.0. The minimum absolute atomic E-state index is 0.0443. The number of hydrogen-bond donors (Lipinski definition) is 0. The second kappa shape index (κ2) is 16.5. The molecule has 0 unspecified atom stereocenters. The van der Waals surface area contributed by atoms with Gasteiger partial charge >= 0.3 is 18.7 Å². The molecule has 272 valence electrons. The number of benzene rings is 2. The molecule has 50 heavy (non-hydrogen) atoms. The zero-order chi connectivity index (χ0) is 36.8. The third-order valence-electron chi connectivity index (χ3n) is 7.26. The van der Waals surface area contributed by atoms with Crippen molar-refractivity contribution in [2.24, 2.45) is 5.92 Å². The fourth-order valence-corrected chi connectivity index (χ4v) is 6.16. The van der Waals surface area contributed by atoms with Gasteiger partial charge in [-0.15, -0.1) is 0 Å². The van der Waals surface area contributed by atoms with E-state index in [0.29, 0.717) is 33.5 Å². The highest BCUT2D eigenvalue weighted by Crippen LogP contribution is 2.38. The molecule has 0 bridgehead atoms. The highest BCUT2D eigenvalue weighted by atomic mass is 35.5. The van der Waals surface area contributed by atoms with E-state index in [0.717, 1.165) is 19.1 Å². The van der Waals surface area contributed by atoms with Gasteiger partial charge in [-0.1, -0.05) is 41.4 Å². The molecule has 1 aliphatic carbocycles. The van der Waals surface area contributed by atoms with Crippen LogP contribution >= 0.6 is 23.2 Å². The lowest BCUT2D eigenvalue weighted by molar-refractivity contribution is -0.150. The van der Waals surface area contributed by atoms with Gasteiger partial charge in [0.15, 0.2) is 11.5 Å². The molecule has 2 aromatic carbocycles. The Morgan fingerprint density at radius 2 is 1.66 bits per heavy atom. The van der Waals surface area contributed by atoms with Crippen molar-refractivity contribution in [3.05, 3.63) is 81.6 Å². The number of aromatic nitrogens is 1. The minimum atomic E-state index is -4.00. The lowest BCUT2D eigenvalue weighted by Crippen LogP contribution is -2.40. The van der Waals surface area contributed by atoms with Crippen molar-refractivity contribution in [1.29, 1.82) is 0 Å². The SMILES string of the molecule is CN(CC(=O)O[C@@H](Cc1c(Cl)cncc1Cl)c1ccc(OC(F)F)c(OCC2CC2)c1)Cc1ccc(N(C(=O)OC(C)(C)C)S(C)(=O)=O)cc1. The molecule has 1 atom stereocenters. The summed E-state index contributed by atoms with van der Waals surface area (Å²) < 4.78 is 73.5. The van der Waals surface area contributed by atoms with Crippen LogP contribution in [0.2, 0.25) is 10.0 Å². The average molecular weight is 759 g/mol. The van der Waals surface area contributed by atoms with E-state index in [1.54, 1.807) is 44.9 Å². The monoisotopic (exact) mass is 757 g/mol. The van der Waals surface area contributed by atoms with Gasteiger partial charge in [0.05, 0.1) is 35.1 Å². The lowest BCUT2D eigenvalue weighted by Gasteiger charge is -2.26. The number of pyridine rings is 1. The minimum Gasteiger partial charge on any atom is -0.489 e. The Morgan fingerprint density at radius 1 is 1.02 bits per heavy atom. The van der Waals surface area contributed by atoms with E-state index < -0.39 is 40.4 Å². The van der Waals surface area contributed by atoms with Crippen molar-refractivity contribution >= 4 is 51.0 Å². The number of halogens is 4. The zero-order valence-corrected chi connectivity index (χ0v) is 30.5. The van der Waals surface area contributed by atoms with Gasteiger partial charge in [-0.05, 0) is 87.5 Å². The molecule has 1 aliphatic rings. The van der Waals surface area contributed by atoms with E-state index >= 15 is 0 Å².